The topological polar surface area (TPSA) is 80.6 Å². The number of hydrogen-bond acceptors (Lipinski definition) is 4. The van der Waals surface area contributed by atoms with Gasteiger partial charge in [0.05, 0.1) is 19.1 Å². The zero-order chi connectivity index (χ0) is 19.9. The van der Waals surface area contributed by atoms with E-state index in [1.165, 1.54) is 19.4 Å². The number of benzene rings is 2. The molecule has 0 saturated carbocycles. The van der Waals surface area contributed by atoms with Crippen molar-refractivity contribution >= 4 is 40.9 Å². The molecule has 1 aromatic heterocycles. The predicted molar refractivity (Wildman–Crippen MR) is 109 cm³/mol. The number of halogens is 1. The lowest BCUT2D eigenvalue weighted by Gasteiger charge is -2.11. The third-order valence-corrected chi connectivity index (χ3v) is 3.98. The molecule has 3 aromatic rings. The van der Waals surface area contributed by atoms with Gasteiger partial charge in [0.25, 0.3) is 5.91 Å². The second-order valence-corrected chi connectivity index (χ2v) is 6.15. The van der Waals surface area contributed by atoms with E-state index < -0.39 is 0 Å². The number of carbonyl (C=O) groups excluding carboxylic acids is 2. The van der Waals surface area contributed by atoms with E-state index in [0.717, 1.165) is 0 Å². The van der Waals surface area contributed by atoms with Gasteiger partial charge >= 0.3 is 0 Å². The lowest BCUT2D eigenvalue weighted by atomic mass is 10.1. The number of amides is 2. The summed E-state index contributed by atoms with van der Waals surface area (Å²) in [5.74, 6) is 0.359. The number of carbonyl (C=O) groups is 2. The highest BCUT2D eigenvalue weighted by Gasteiger charge is 2.11. The monoisotopic (exact) mass is 396 g/mol. The second kappa shape index (κ2) is 8.92. The number of methoxy groups -OCH3 is 1. The van der Waals surface area contributed by atoms with Gasteiger partial charge in [-0.25, -0.2) is 0 Å². The Hall–Kier alpha value is -3.51. The Labute approximate surface area is 166 Å². The fraction of sp³-hybridized carbons (Fsp3) is 0.0476. The summed E-state index contributed by atoms with van der Waals surface area (Å²) in [5.41, 5.74) is 1.31. The van der Waals surface area contributed by atoms with E-state index in [-0.39, 0.29) is 11.8 Å². The van der Waals surface area contributed by atoms with E-state index in [4.69, 9.17) is 20.8 Å². The standard InChI is InChI=1S/C21H17ClN2O4/c1-27-19-9-7-15(22)13-18(19)24-21(26)14-4-2-5-16(12-14)23-20(25)10-8-17-6-3-11-28-17/h2-13H,1H3,(H,23,25)(H,24,26). The highest BCUT2D eigenvalue weighted by atomic mass is 35.5. The average molecular weight is 397 g/mol. The van der Waals surface area contributed by atoms with Gasteiger partial charge in [0.15, 0.2) is 0 Å². The second-order valence-electron chi connectivity index (χ2n) is 5.72. The lowest BCUT2D eigenvalue weighted by molar-refractivity contribution is -0.111. The summed E-state index contributed by atoms with van der Waals surface area (Å²) in [5, 5.41) is 5.93. The first-order valence-corrected chi connectivity index (χ1v) is 8.70. The molecule has 7 heteroatoms. The normalized spacial score (nSPS) is 10.6. The van der Waals surface area contributed by atoms with Crippen molar-refractivity contribution in [3.05, 3.63) is 83.3 Å². The molecule has 0 aliphatic heterocycles. The lowest BCUT2D eigenvalue weighted by Crippen LogP contribution is -2.14. The molecule has 0 saturated heterocycles. The molecule has 0 aliphatic rings. The van der Waals surface area contributed by atoms with Gasteiger partial charge in [-0.2, -0.15) is 0 Å². The summed E-state index contributed by atoms with van der Waals surface area (Å²) in [7, 11) is 1.51. The van der Waals surface area contributed by atoms with Crippen LogP contribution in [0.5, 0.6) is 5.75 Å². The van der Waals surface area contributed by atoms with Crippen LogP contribution in [0.25, 0.3) is 6.08 Å². The molecule has 2 aromatic carbocycles. The molecule has 3 rings (SSSR count). The minimum atomic E-state index is -0.359. The third kappa shape index (κ3) is 5.02. The van der Waals surface area contributed by atoms with Crippen molar-refractivity contribution < 1.29 is 18.7 Å². The first-order valence-electron chi connectivity index (χ1n) is 8.32. The Morgan fingerprint density at radius 1 is 1.07 bits per heavy atom. The molecule has 2 amide bonds. The number of hydrogen-bond donors (Lipinski definition) is 2. The molecule has 142 valence electrons. The average Bonchev–Trinajstić information content (AvgIpc) is 3.20. The third-order valence-electron chi connectivity index (χ3n) is 3.74. The van der Waals surface area contributed by atoms with E-state index in [2.05, 4.69) is 10.6 Å². The Balaban J connectivity index is 1.69. The fourth-order valence-electron chi connectivity index (χ4n) is 2.44. The minimum Gasteiger partial charge on any atom is -0.495 e. The molecule has 6 nitrogen and oxygen atoms in total. The van der Waals surface area contributed by atoms with Gasteiger partial charge in [-0.3, -0.25) is 9.59 Å². The van der Waals surface area contributed by atoms with Crippen LogP contribution in [-0.2, 0) is 4.79 Å². The summed E-state index contributed by atoms with van der Waals surface area (Å²) in [6.45, 7) is 0. The Morgan fingerprint density at radius 2 is 1.93 bits per heavy atom. The van der Waals surface area contributed by atoms with Crippen molar-refractivity contribution in [2.45, 2.75) is 0 Å². The van der Waals surface area contributed by atoms with Crippen LogP contribution in [0.3, 0.4) is 0 Å². The summed E-state index contributed by atoms with van der Waals surface area (Å²) >= 11 is 5.98. The van der Waals surface area contributed by atoms with Gasteiger partial charge in [-0.15, -0.1) is 0 Å². The molecule has 0 spiro atoms. The van der Waals surface area contributed by atoms with Crippen LogP contribution in [0.1, 0.15) is 16.1 Å². The molecule has 0 unspecified atom stereocenters. The summed E-state index contributed by atoms with van der Waals surface area (Å²) in [4.78, 5) is 24.6. The maximum Gasteiger partial charge on any atom is 0.255 e. The van der Waals surface area contributed by atoms with Crippen molar-refractivity contribution in [1.29, 1.82) is 0 Å². The van der Waals surface area contributed by atoms with Crippen molar-refractivity contribution in [2.24, 2.45) is 0 Å². The maximum absolute atomic E-state index is 12.6. The zero-order valence-corrected chi connectivity index (χ0v) is 15.7. The highest BCUT2D eigenvalue weighted by Crippen LogP contribution is 2.28. The van der Waals surface area contributed by atoms with Gasteiger partial charge in [0, 0.05) is 22.3 Å². The molecule has 0 radical (unpaired) electrons. The van der Waals surface area contributed by atoms with Crippen molar-refractivity contribution in [3.8, 4) is 5.75 Å². The van der Waals surface area contributed by atoms with Crippen molar-refractivity contribution in [1.82, 2.24) is 0 Å². The molecule has 2 N–H and O–H groups in total. The number of rotatable bonds is 6. The van der Waals surface area contributed by atoms with E-state index in [1.807, 2.05) is 0 Å². The molecule has 28 heavy (non-hydrogen) atoms. The van der Waals surface area contributed by atoms with Gasteiger partial charge in [-0.05, 0) is 54.6 Å². The van der Waals surface area contributed by atoms with E-state index >= 15 is 0 Å². The van der Waals surface area contributed by atoms with Gasteiger partial charge in [0.2, 0.25) is 5.91 Å². The molecule has 0 fully saturated rings. The molecular weight excluding hydrogens is 380 g/mol. The van der Waals surface area contributed by atoms with Gasteiger partial charge in [0.1, 0.15) is 11.5 Å². The van der Waals surface area contributed by atoms with E-state index in [9.17, 15) is 9.59 Å². The SMILES string of the molecule is COc1ccc(Cl)cc1NC(=O)c1cccc(NC(=O)C=Cc2ccco2)c1. The highest BCUT2D eigenvalue weighted by molar-refractivity contribution is 6.31. The number of ether oxygens (including phenoxy) is 1. The van der Waals surface area contributed by atoms with Crippen LogP contribution in [0.2, 0.25) is 5.02 Å². The first-order chi connectivity index (χ1) is 13.5. The quantitative estimate of drug-likeness (QED) is 0.584. The van der Waals surface area contributed by atoms with Gasteiger partial charge < -0.3 is 19.8 Å². The number of furan rings is 1. The molecular formula is C21H17ClN2O4. The van der Waals surface area contributed by atoms with Gasteiger partial charge in [-0.1, -0.05) is 17.7 Å². The number of nitrogens with one attached hydrogen (secondary N) is 2. The van der Waals surface area contributed by atoms with E-state index in [1.54, 1.807) is 60.7 Å². The molecule has 0 atom stereocenters. The summed E-state index contributed by atoms with van der Waals surface area (Å²) < 4.78 is 10.4. The molecule has 0 bridgehead atoms. The van der Waals surface area contributed by atoms with Crippen molar-refractivity contribution in [3.63, 3.8) is 0 Å². The minimum absolute atomic E-state index is 0.342. The van der Waals surface area contributed by atoms with Crippen LogP contribution < -0.4 is 15.4 Å². The Morgan fingerprint density at radius 3 is 2.68 bits per heavy atom. The molecule has 0 aliphatic carbocycles. The Kier molecular flexibility index (Phi) is 6.14. The molecule has 1 heterocycles. The first kappa shape index (κ1) is 19.3. The maximum atomic E-state index is 12.6. The van der Waals surface area contributed by atoms with E-state index in [0.29, 0.717) is 33.5 Å². The number of anilines is 2. The fourth-order valence-corrected chi connectivity index (χ4v) is 2.61. The Bertz CT molecular complexity index is 1010. The zero-order valence-electron chi connectivity index (χ0n) is 14.9. The van der Waals surface area contributed by atoms with Crippen LogP contribution in [0, 0.1) is 0 Å². The largest absolute Gasteiger partial charge is 0.495 e. The summed E-state index contributed by atoms with van der Waals surface area (Å²) in [6, 6.07) is 15.0. The van der Waals surface area contributed by atoms with Crippen LogP contribution in [0.15, 0.2) is 71.4 Å². The van der Waals surface area contributed by atoms with Crippen LogP contribution in [0.4, 0.5) is 11.4 Å². The van der Waals surface area contributed by atoms with Crippen LogP contribution >= 0.6 is 11.6 Å². The van der Waals surface area contributed by atoms with Crippen LogP contribution in [-0.4, -0.2) is 18.9 Å². The smallest absolute Gasteiger partial charge is 0.255 e. The summed E-state index contributed by atoms with van der Waals surface area (Å²) in [6.07, 6.45) is 4.42. The predicted octanol–water partition coefficient (Wildman–Crippen LogP) is 4.85. The van der Waals surface area contributed by atoms with Crippen molar-refractivity contribution in [2.75, 3.05) is 17.7 Å².